The molecule has 6 nitrogen and oxygen atoms in total. The van der Waals surface area contributed by atoms with Gasteiger partial charge in [-0.1, -0.05) is 13.8 Å². The van der Waals surface area contributed by atoms with Gasteiger partial charge < -0.3 is 20.5 Å². The van der Waals surface area contributed by atoms with Gasteiger partial charge in [-0.2, -0.15) is 0 Å². The van der Waals surface area contributed by atoms with Crippen LogP contribution in [0.25, 0.3) is 10.9 Å². The summed E-state index contributed by atoms with van der Waals surface area (Å²) in [7, 11) is 0. The number of carboxylic acids is 2. The summed E-state index contributed by atoms with van der Waals surface area (Å²) in [4.78, 5) is 19.1. The predicted molar refractivity (Wildman–Crippen MR) is 94.0 cm³/mol. The van der Waals surface area contributed by atoms with Crippen molar-refractivity contribution in [3.05, 3.63) is 47.9 Å². The van der Waals surface area contributed by atoms with Gasteiger partial charge >= 0.3 is 11.9 Å². The smallest absolute Gasteiger partial charge is 0.328 e. The van der Waals surface area contributed by atoms with Crippen LogP contribution in [-0.4, -0.2) is 32.8 Å². The Morgan fingerprint density at radius 3 is 2.20 bits per heavy atom. The van der Waals surface area contributed by atoms with Crippen LogP contribution in [0.5, 0.6) is 0 Å². The second kappa shape index (κ2) is 8.98. The molecule has 0 aliphatic rings. The van der Waals surface area contributed by atoms with Crippen LogP contribution in [0, 0.1) is 5.82 Å². The molecule has 0 saturated carbocycles. The second-order valence-electron chi connectivity index (χ2n) is 6.04. The molecular formula is C18H23FN2O4. The Bertz CT molecular complexity index is 763. The molecule has 0 radical (unpaired) electrons. The number of aliphatic carboxylic acids is 2. The van der Waals surface area contributed by atoms with Crippen LogP contribution in [0.2, 0.25) is 0 Å². The molecule has 25 heavy (non-hydrogen) atoms. The number of hydrogen-bond donors (Lipinski definition) is 3. The van der Waals surface area contributed by atoms with Gasteiger partial charge in [0, 0.05) is 41.8 Å². The number of carboxylic acid groups (broad SMARTS) is 2. The van der Waals surface area contributed by atoms with E-state index in [-0.39, 0.29) is 17.8 Å². The first kappa shape index (κ1) is 20.4. The Kier molecular flexibility index (Phi) is 7.32. The van der Waals surface area contributed by atoms with Crippen LogP contribution in [0.3, 0.4) is 0 Å². The lowest BCUT2D eigenvalue weighted by atomic mass is 10.0. The van der Waals surface area contributed by atoms with Crippen molar-refractivity contribution in [3.63, 3.8) is 0 Å². The van der Waals surface area contributed by atoms with Crippen molar-refractivity contribution in [2.45, 2.75) is 39.3 Å². The molecule has 1 atom stereocenters. The summed E-state index contributed by atoms with van der Waals surface area (Å²) in [5.74, 6) is -2.44. The Balaban J connectivity index is 0.000000333. The average molecular weight is 350 g/mol. The summed E-state index contributed by atoms with van der Waals surface area (Å²) in [5, 5.41) is 16.6. The minimum Gasteiger partial charge on any atom is -0.478 e. The fourth-order valence-corrected chi connectivity index (χ4v) is 2.28. The maximum Gasteiger partial charge on any atom is 0.328 e. The summed E-state index contributed by atoms with van der Waals surface area (Å²) in [5.41, 5.74) is 7.64. The van der Waals surface area contributed by atoms with E-state index in [0.29, 0.717) is 12.2 Å². The highest BCUT2D eigenvalue weighted by Gasteiger charge is 2.11. The second-order valence-corrected chi connectivity index (χ2v) is 6.04. The van der Waals surface area contributed by atoms with Crippen LogP contribution in [0.1, 0.15) is 32.3 Å². The highest BCUT2D eigenvalue weighted by Crippen LogP contribution is 2.25. The van der Waals surface area contributed by atoms with Crippen LogP contribution in [0.15, 0.2) is 36.5 Å². The quantitative estimate of drug-likeness (QED) is 0.719. The lowest BCUT2D eigenvalue weighted by molar-refractivity contribution is -0.134. The highest BCUT2D eigenvalue weighted by atomic mass is 19.1. The van der Waals surface area contributed by atoms with Crippen LogP contribution < -0.4 is 5.73 Å². The SMILES string of the molecule is CC(C)c1cc2c(ccn2C[C@H](C)N)cc1F.O=C(O)C=CC(=O)O. The standard InChI is InChI=1S/C14H19FN2.C4H4O4/c1-9(2)12-7-14-11(6-13(12)15)4-5-17(14)8-10(3)16;5-3(6)1-2-4(7)8/h4-7,9-10H,8,16H2,1-3H3;1-2H,(H,5,6)(H,7,8)/t10-;/m0./s1. The third-order valence-corrected chi connectivity index (χ3v) is 3.36. The van der Waals surface area contributed by atoms with Gasteiger partial charge in [0.1, 0.15) is 5.82 Å². The van der Waals surface area contributed by atoms with Gasteiger partial charge in [0.2, 0.25) is 0 Å². The molecule has 0 aliphatic heterocycles. The first-order chi connectivity index (χ1) is 11.6. The molecule has 4 N–H and O–H groups in total. The van der Waals surface area contributed by atoms with Crippen molar-refractivity contribution >= 4 is 22.8 Å². The fraction of sp³-hybridized carbons (Fsp3) is 0.333. The molecule has 0 unspecified atom stereocenters. The number of carbonyl (C=O) groups is 2. The molecule has 0 bridgehead atoms. The number of rotatable bonds is 5. The number of nitrogens with zero attached hydrogens (tertiary/aromatic N) is 1. The maximum atomic E-state index is 13.8. The molecule has 2 aromatic rings. The van der Waals surface area contributed by atoms with E-state index in [2.05, 4.69) is 4.57 Å². The van der Waals surface area contributed by atoms with E-state index < -0.39 is 11.9 Å². The van der Waals surface area contributed by atoms with Crippen LogP contribution >= 0.6 is 0 Å². The number of halogens is 1. The topological polar surface area (TPSA) is 106 Å². The first-order valence-electron chi connectivity index (χ1n) is 7.79. The summed E-state index contributed by atoms with van der Waals surface area (Å²) in [6.45, 7) is 6.73. The molecule has 2 rings (SSSR count). The van der Waals surface area contributed by atoms with E-state index in [1.807, 2.05) is 39.1 Å². The molecule has 136 valence electrons. The lowest BCUT2D eigenvalue weighted by Gasteiger charge is -2.11. The van der Waals surface area contributed by atoms with E-state index in [1.165, 1.54) is 0 Å². The highest BCUT2D eigenvalue weighted by molar-refractivity contribution is 5.89. The number of benzene rings is 1. The maximum absolute atomic E-state index is 13.8. The monoisotopic (exact) mass is 350 g/mol. The normalized spacial score (nSPS) is 12.2. The molecule has 0 aliphatic carbocycles. The van der Waals surface area contributed by atoms with Gasteiger partial charge in [-0.3, -0.25) is 0 Å². The summed E-state index contributed by atoms with van der Waals surface area (Å²) >= 11 is 0. The fourth-order valence-electron chi connectivity index (χ4n) is 2.28. The Morgan fingerprint density at radius 1 is 1.20 bits per heavy atom. The average Bonchev–Trinajstić information content (AvgIpc) is 2.86. The van der Waals surface area contributed by atoms with Crippen molar-refractivity contribution in [3.8, 4) is 0 Å². The molecule has 0 amide bonds. The Morgan fingerprint density at radius 2 is 1.76 bits per heavy atom. The molecule has 1 aromatic carbocycles. The third kappa shape index (κ3) is 6.39. The van der Waals surface area contributed by atoms with Gasteiger partial charge in [0.15, 0.2) is 0 Å². The molecule has 1 heterocycles. The van der Waals surface area contributed by atoms with Crippen molar-refractivity contribution < 1.29 is 24.2 Å². The zero-order chi connectivity index (χ0) is 19.1. The van der Waals surface area contributed by atoms with E-state index in [1.54, 1.807) is 6.07 Å². The Labute approximate surface area is 145 Å². The van der Waals surface area contributed by atoms with E-state index in [9.17, 15) is 14.0 Å². The molecule has 0 saturated heterocycles. The largest absolute Gasteiger partial charge is 0.478 e. The Hall–Kier alpha value is -2.67. The summed E-state index contributed by atoms with van der Waals surface area (Å²) in [6.07, 6.45) is 3.09. The number of aromatic nitrogens is 1. The lowest BCUT2D eigenvalue weighted by Crippen LogP contribution is -2.21. The van der Waals surface area contributed by atoms with Gasteiger partial charge in [-0.05, 0) is 36.6 Å². The van der Waals surface area contributed by atoms with E-state index >= 15 is 0 Å². The zero-order valence-corrected chi connectivity index (χ0v) is 14.4. The minimum atomic E-state index is -1.26. The van der Waals surface area contributed by atoms with Crippen molar-refractivity contribution in [1.29, 1.82) is 0 Å². The number of hydrogen-bond acceptors (Lipinski definition) is 3. The summed E-state index contributed by atoms with van der Waals surface area (Å²) in [6, 6.07) is 5.59. The number of fused-ring (bicyclic) bond motifs is 1. The van der Waals surface area contributed by atoms with Gasteiger partial charge in [-0.15, -0.1) is 0 Å². The van der Waals surface area contributed by atoms with Crippen molar-refractivity contribution in [2.24, 2.45) is 5.73 Å². The summed E-state index contributed by atoms with van der Waals surface area (Å²) < 4.78 is 15.9. The zero-order valence-electron chi connectivity index (χ0n) is 14.4. The predicted octanol–water partition coefficient (Wildman–Crippen LogP) is 2.96. The van der Waals surface area contributed by atoms with E-state index in [0.717, 1.165) is 23.0 Å². The molecule has 0 fully saturated rings. The molecule has 1 aromatic heterocycles. The van der Waals surface area contributed by atoms with Gasteiger partial charge in [0.25, 0.3) is 0 Å². The molecule has 7 heteroatoms. The number of nitrogens with two attached hydrogens (primary N) is 1. The van der Waals surface area contributed by atoms with Crippen molar-refractivity contribution in [2.75, 3.05) is 0 Å². The first-order valence-corrected chi connectivity index (χ1v) is 7.79. The third-order valence-electron chi connectivity index (χ3n) is 3.36. The van der Waals surface area contributed by atoms with Crippen LogP contribution in [0.4, 0.5) is 4.39 Å². The van der Waals surface area contributed by atoms with Gasteiger partial charge in [0.05, 0.1) is 0 Å². The minimum absolute atomic E-state index is 0.0955. The van der Waals surface area contributed by atoms with E-state index in [4.69, 9.17) is 15.9 Å². The molecule has 0 spiro atoms. The molecular weight excluding hydrogens is 327 g/mol. The van der Waals surface area contributed by atoms with Gasteiger partial charge in [-0.25, -0.2) is 14.0 Å². The van der Waals surface area contributed by atoms with Crippen molar-refractivity contribution in [1.82, 2.24) is 4.57 Å². The van der Waals surface area contributed by atoms with Crippen LogP contribution in [-0.2, 0) is 16.1 Å².